The minimum Gasteiger partial charge on any atom is -0.374 e. The van der Waals surface area contributed by atoms with Gasteiger partial charge >= 0.3 is 0 Å². The second-order valence-electron chi connectivity index (χ2n) is 6.94. The van der Waals surface area contributed by atoms with Gasteiger partial charge in [0.05, 0.1) is 18.3 Å². The molecule has 2 nitrogen and oxygen atoms in total. The zero-order valence-corrected chi connectivity index (χ0v) is 13.5. The number of hydrogen-bond donors (Lipinski definition) is 0. The van der Waals surface area contributed by atoms with Crippen LogP contribution < -0.4 is 0 Å². The van der Waals surface area contributed by atoms with E-state index >= 15 is 0 Å². The third-order valence-corrected chi connectivity index (χ3v) is 5.60. The lowest BCUT2D eigenvalue weighted by Crippen LogP contribution is -2.33. The number of halogens is 1. The van der Waals surface area contributed by atoms with Crippen molar-refractivity contribution in [2.24, 2.45) is 11.8 Å². The van der Waals surface area contributed by atoms with Crippen molar-refractivity contribution >= 4 is 0 Å². The van der Waals surface area contributed by atoms with Crippen LogP contribution in [0.3, 0.4) is 0 Å². The Morgan fingerprint density at radius 2 is 2.00 bits per heavy atom. The standard InChI is InChI=1S/C20H24FNO/c1-2-9-23-19-8-7-15-10-14(3-4-16(15)11-19)17-5-6-18(13-22)20(21)12-17/h2,5-6,12,14-16,19H,1,3-4,7-11H2. The zero-order valence-electron chi connectivity index (χ0n) is 13.5. The molecule has 0 radical (unpaired) electrons. The minimum atomic E-state index is -0.381. The first-order chi connectivity index (χ1) is 11.2. The molecule has 3 rings (SSSR count). The van der Waals surface area contributed by atoms with E-state index in [1.807, 2.05) is 18.2 Å². The fourth-order valence-corrected chi connectivity index (χ4v) is 4.38. The number of rotatable bonds is 4. The Hall–Kier alpha value is -1.66. The molecule has 2 aliphatic carbocycles. The summed E-state index contributed by atoms with van der Waals surface area (Å²) in [7, 11) is 0. The van der Waals surface area contributed by atoms with Gasteiger partial charge in [-0.1, -0.05) is 12.1 Å². The van der Waals surface area contributed by atoms with Crippen LogP contribution in [-0.2, 0) is 4.74 Å². The maximum absolute atomic E-state index is 13.9. The van der Waals surface area contributed by atoms with Crippen molar-refractivity contribution in [3.63, 3.8) is 0 Å². The van der Waals surface area contributed by atoms with Gasteiger partial charge in [0, 0.05) is 0 Å². The Kier molecular flexibility index (Phi) is 5.13. The van der Waals surface area contributed by atoms with E-state index in [4.69, 9.17) is 10.00 Å². The monoisotopic (exact) mass is 313 g/mol. The third-order valence-electron chi connectivity index (χ3n) is 5.60. The number of fused-ring (bicyclic) bond motifs is 1. The summed E-state index contributed by atoms with van der Waals surface area (Å²) in [6, 6.07) is 7.03. The molecule has 4 atom stereocenters. The molecule has 0 bridgehead atoms. The Morgan fingerprint density at radius 3 is 2.74 bits per heavy atom. The molecule has 23 heavy (non-hydrogen) atoms. The number of hydrogen-bond acceptors (Lipinski definition) is 2. The summed E-state index contributed by atoms with van der Waals surface area (Å²) in [6.07, 6.45) is 9.16. The zero-order chi connectivity index (χ0) is 16.2. The Bertz CT molecular complexity index is 606. The largest absolute Gasteiger partial charge is 0.374 e. The second kappa shape index (κ2) is 7.27. The number of nitriles is 1. The molecule has 0 N–H and O–H groups in total. The summed E-state index contributed by atoms with van der Waals surface area (Å²) in [6.45, 7) is 4.36. The van der Waals surface area contributed by atoms with Gasteiger partial charge < -0.3 is 4.74 Å². The molecule has 1 aromatic carbocycles. The molecule has 1 aromatic rings. The summed E-state index contributed by atoms with van der Waals surface area (Å²) in [4.78, 5) is 0. The fraction of sp³-hybridized carbons (Fsp3) is 0.550. The molecule has 3 heteroatoms. The summed E-state index contributed by atoms with van der Waals surface area (Å²) >= 11 is 0. The SMILES string of the molecule is C=CCOC1CCC2CC(c3ccc(C#N)c(F)c3)CCC2C1. The van der Waals surface area contributed by atoms with Gasteiger partial charge in [-0.25, -0.2) is 4.39 Å². The van der Waals surface area contributed by atoms with E-state index in [1.165, 1.54) is 12.8 Å². The van der Waals surface area contributed by atoms with Crippen LogP contribution in [0.15, 0.2) is 30.9 Å². The predicted molar refractivity (Wildman–Crippen MR) is 88.5 cm³/mol. The van der Waals surface area contributed by atoms with Gasteiger partial charge in [0.2, 0.25) is 0 Å². The Balaban J connectivity index is 1.62. The maximum Gasteiger partial charge on any atom is 0.141 e. The molecule has 122 valence electrons. The summed E-state index contributed by atoms with van der Waals surface area (Å²) in [5.74, 6) is 1.53. The highest BCUT2D eigenvalue weighted by Crippen LogP contribution is 2.46. The quantitative estimate of drug-likeness (QED) is 0.737. The van der Waals surface area contributed by atoms with Crippen molar-refractivity contribution in [3.05, 3.63) is 47.8 Å². The minimum absolute atomic E-state index is 0.141. The molecule has 0 aromatic heterocycles. The van der Waals surface area contributed by atoms with Gasteiger partial charge in [-0.3, -0.25) is 0 Å². The molecular weight excluding hydrogens is 289 g/mol. The number of benzene rings is 1. The van der Waals surface area contributed by atoms with E-state index in [9.17, 15) is 4.39 Å². The number of ether oxygens (including phenoxy) is 1. The number of nitrogens with zero attached hydrogens (tertiary/aromatic N) is 1. The van der Waals surface area contributed by atoms with Gasteiger partial charge in [0.15, 0.2) is 0 Å². The van der Waals surface area contributed by atoms with Crippen LogP contribution in [0.2, 0.25) is 0 Å². The van der Waals surface area contributed by atoms with Crippen LogP contribution in [0.25, 0.3) is 0 Å². The predicted octanol–water partition coefficient (Wildman–Crippen LogP) is 4.95. The maximum atomic E-state index is 13.9. The molecule has 2 aliphatic rings. The van der Waals surface area contributed by atoms with Gasteiger partial charge in [-0.15, -0.1) is 6.58 Å². The molecule has 2 fully saturated rings. The highest BCUT2D eigenvalue weighted by molar-refractivity contribution is 5.35. The van der Waals surface area contributed by atoms with E-state index < -0.39 is 0 Å². The highest BCUT2D eigenvalue weighted by Gasteiger charge is 2.36. The van der Waals surface area contributed by atoms with Crippen LogP contribution >= 0.6 is 0 Å². The van der Waals surface area contributed by atoms with Crippen LogP contribution in [0.1, 0.15) is 55.6 Å². The lowest BCUT2D eigenvalue weighted by molar-refractivity contribution is -0.00311. The first-order valence-electron chi connectivity index (χ1n) is 8.63. The second-order valence-corrected chi connectivity index (χ2v) is 6.94. The van der Waals surface area contributed by atoms with Gasteiger partial charge in [-0.2, -0.15) is 5.26 Å². The molecule has 2 saturated carbocycles. The topological polar surface area (TPSA) is 33.0 Å². The van der Waals surface area contributed by atoms with E-state index in [2.05, 4.69) is 6.58 Å². The summed E-state index contributed by atoms with van der Waals surface area (Å²) in [5, 5.41) is 8.85. The molecular formula is C20H24FNO. The van der Waals surface area contributed by atoms with Gasteiger partial charge in [0.1, 0.15) is 11.9 Å². The lowest BCUT2D eigenvalue weighted by Gasteiger charge is -2.42. The van der Waals surface area contributed by atoms with E-state index in [0.717, 1.165) is 43.1 Å². The van der Waals surface area contributed by atoms with Gasteiger partial charge in [0.25, 0.3) is 0 Å². The van der Waals surface area contributed by atoms with Crippen LogP contribution in [0, 0.1) is 29.0 Å². The fourth-order valence-electron chi connectivity index (χ4n) is 4.38. The molecule has 0 saturated heterocycles. The van der Waals surface area contributed by atoms with Crippen molar-refractivity contribution in [2.75, 3.05) is 6.61 Å². The molecule has 0 spiro atoms. The molecule has 0 amide bonds. The van der Waals surface area contributed by atoms with Crippen molar-refractivity contribution in [3.8, 4) is 6.07 Å². The Morgan fingerprint density at radius 1 is 1.22 bits per heavy atom. The van der Waals surface area contributed by atoms with Gasteiger partial charge in [-0.05, 0) is 74.0 Å². The molecule has 4 unspecified atom stereocenters. The normalized spacial score (nSPS) is 30.3. The van der Waals surface area contributed by atoms with Crippen molar-refractivity contribution < 1.29 is 9.13 Å². The lowest BCUT2D eigenvalue weighted by atomic mass is 9.65. The van der Waals surface area contributed by atoms with Crippen LogP contribution in [0.5, 0.6) is 0 Å². The summed E-state index contributed by atoms with van der Waals surface area (Å²) in [5.41, 5.74) is 1.20. The van der Waals surface area contributed by atoms with Crippen LogP contribution in [0.4, 0.5) is 4.39 Å². The summed E-state index contributed by atoms with van der Waals surface area (Å²) < 4.78 is 19.7. The van der Waals surface area contributed by atoms with Crippen molar-refractivity contribution in [1.29, 1.82) is 5.26 Å². The average molecular weight is 313 g/mol. The molecule has 0 heterocycles. The van der Waals surface area contributed by atoms with Crippen molar-refractivity contribution in [1.82, 2.24) is 0 Å². The third kappa shape index (κ3) is 3.64. The van der Waals surface area contributed by atoms with Crippen molar-refractivity contribution in [2.45, 2.75) is 50.5 Å². The van der Waals surface area contributed by atoms with E-state index in [-0.39, 0.29) is 11.4 Å². The average Bonchev–Trinajstić information content (AvgIpc) is 2.59. The van der Waals surface area contributed by atoms with E-state index in [0.29, 0.717) is 18.6 Å². The smallest absolute Gasteiger partial charge is 0.141 e. The van der Waals surface area contributed by atoms with Crippen LogP contribution in [-0.4, -0.2) is 12.7 Å². The first-order valence-corrected chi connectivity index (χ1v) is 8.63. The first kappa shape index (κ1) is 16.2. The molecule has 0 aliphatic heterocycles. The van der Waals surface area contributed by atoms with E-state index in [1.54, 1.807) is 12.1 Å². The highest BCUT2D eigenvalue weighted by atomic mass is 19.1. The Labute approximate surface area is 138 Å².